The van der Waals surface area contributed by atoms with E-state index in [1.54, 1.807) is 0 Å². The summed E-state index contributed by atoms with van der Waals surface area (Å²) < 4.78 is 47.0. The van der Waals surface area contributed by atoms with Gasteiger partial charge in [0.05, 0.1) is 16.6 Å². The Kier molecular flexibility index (Phi) is 5.59. The largest absolute Gasteiger partial charge is 0.457 e. The first kappa shape index (κ1) is 20.8. The van der Waals surface area contributed by atoms with Gasteiger partial charge in [0.1, 0.15) is 11.5 Å². The van der Waals surface area contributed by atoms with E-state index in [0.717, 1.165) is 23.4 Å². The van der Waals surface area contributed by atoms with Crippen molar-refractivity contribution in [1.29, 1.82) is 0 Å². The van der Waals surface area contributed by atoms with Crippen LogP contribution in [0.5, 0.6) is 11.5 Å². The summed E-state index contributed by atoms with van der Waals surface area (Å²) in [6.07, 6.45) is -4.40. The summed E-state index contributed by atoms with van der Waals surface area (Å²) in [4.78, 5) is 4.43. The summed E-state index contributed by atoms with van der Waals surface area (Å²) in [5, 5.41) is 3.26. The Hall–Kier alpha value is -3.48. The van der Waals surface area contributed by atoms with E-state index < -0.39 is 11.7 Å². The molecule has 0 radical (unpaired) electrons. The van der Waals surface area contributed by atoms with Crippen LogP contribution in [0.4, 0.5) is 19.1 Å². The van der Waals surface area contributed by atoms with E-state index in [9.17, 15) is 13.2 Å². The second-order valence-corrected chi connectivity index (χ2v) is 7.52. The van der Waals surface area contributed by atoms with Crippen molar-refractivity contribution in [2.24, 2.45) is 0 Å². The lowest BCUT2D eigenvalue weighted by Gasteiger charge is -2.15. The minimum atomic E-state index is -4.40. The Morgan fingerprint density at radius 1 is 0.935 bits per heavy atom. The van der Waals surface area contributed by atoms with E-state index in [4.69, 9.17) is 4.74 Å². The summed E-state index contributed by atoms with van der Waals surface area (Å²) >= 11 is 0. The number of anilines is 1. The summed E-state index contributed by atoms with van der Waals surface area (Å²) in [6, 6.07) is 20.8. The van der Waals surface area contributed by atoms with Gasteiger partial charge in [-0.2, -0.15) is 13.2 Å². The van der Waals surface area contributed by atoms with Crippen molar-refractivity contribution in [3.8, 4) is 11.5 Å². The lowest BCUT2D eigenvalue weighted by Crippen LogP contribution is -2.09. The second kappa shape index (κ2) is 8.34. The first-order chi connectivity index (χ1) is 14.8. The molecule has 1 N–H and O–H groups in total. The third-order valence-electron chi connectivity index (χ3n) is 4.86. The van der Waals surface area contributed by atoms with E-state index in [1.165, 1.54) is 6.07 Å². The smallest absolute Gasteiger partial charge is 0.416 e. The van der Waals surface area contributed by atoms with Crippen molar-refractivity contribution in [1.82, 2.24) is 9.55 Å². The Morgan fingerprint density at radius 3 is 2.39 bits per heavy atom. The molecule has 4 rings (SSSR count). The van der Waals surface area contributed by atoms with Crippen molar-refractivity contribution >= 4 is 17.0 Å². The number of para-hydroxylation sites is 1. The van der Waals surface area contributed by atoms with Crippen LogP contribution >= 0.6 is 0 Å². The van der Waals surface area contributed by atoms with Gasteiger partial charge in [-0.05, 0) is 61.9 Å². The van der Waals surface area contributed by atoms with Gasteiger partial charge in [-0.25, -0.2) is 4.98 Å². The number of imidazole rings is 1. The highest BCUT2D eigenvalue weighted by molar-refractivity contribution is 5.80. The van der Waals surface area contributed by atoms with Gasteiger partial charge in [0.15, 0.2) is 0 Å². The molecule has 0 amide bonds. The number of fused-ring (bicyclic) bond motifs is 1. The summed E-state index contributed by atoms with van der Waals surface area (Å²) in [5.74, 6) is 1.98. The molecule has 0 aliphatic carbocycles. The minimum Gasteiger partial charge on any atom is -0.457 e. The molecule has 1 heterocycles. The van der Waals surface area contributed by atoms with E-state index in [-0.39, 0.29) is 6.04 Å². The third-order valence-corrected chi connectivity index (χ3v) is 4.86. The molecule has 0 bridgehead atoms. The maximum Gasteiger partial charge on any atom is 0.416 e. The Morgan fingerprint density at radius 2 is 1.68 bits per heavy atom. The number of rotatable bonds is 6. The fourth-order valence-electron chi connectivity index (χ4n) is 3.45. The van der Waals surface area contributed by atoms with Crippen molar-refractivity contribution in [3.63, 3.8) is 0 Å². The van der Waals surface area contributed by atoms with Gasteiger partial charge in [0, 0.05) is 12.6 Å². The molecule has 31 heavy (non-hydrogen) atoms. The highest BCUT2D eigenvalue weighted by Crippen LogP contribution is 2.33. The van der Waals surface area contributed by atoms with Gasteiger partial charge < -0.3 is 14.6 Å². The average molecular weight is 425 g/mol. The molecule has 0 fully saturated rings. The van der Waals surface area contributed by atoms with Crippen LogP contribution in [0.1, 0.15) is 31.0 Å². The van der Waals surface area contributed by atoms with E-state index in [0.29, 0.717) is 29.3 Å². The fraction of sp³-hybridized carbons (Fsp3) is 0.208. The molecule has 0 aliphatic heterocycles. The van der Waals surface area contributed by atoms with Crippen LogP contribution in [-0.4, -0.2) is 9.55 Å². The summed E-state index contributed by atoms with van der Waals surface area (Å²) in [5.41, 5.74) is 1.23. The van der Waals surface area contributed by atoms with Gasteiger partial charge >= 0.3 is 6.18 Å². The molecule has 0 saturated carbocycles. The molecule has 7 heteroatoms. The quantitative estimate of drug-likeness (QED) is 0.360. The SMILES string of the molecule is CC(C)n1c(NCc2cccc(Oc3ccccc3)c2)nc2cc(C(F)(F)F)ccc21. The lowest BCUT2D eigenvalue weighted by atomic mass is 10.2. The zero-order chi connectivity index (χ0) is 22.0. The normalized spacial score (nSPS) is 11.8. The van der Waals surface area contributed by atoms with Crippen LogP contribution in [0.3, 0.4) is 0 Å². The number of hydrogen-bond acceptors (Lipinski definition) is 3. The Bertz CT molecular complexity index is 1180. The third kappa shape index (κ3) is 4.66. The number of aromatic nitrogens is 2. The van der Waals surface area contributed by atoms with Gasteiger partial charge in [-0.1, -0.05) is 30.3 Å². The Balaban J connectivity index is 1.57. The molecule has 0 unspecified atom stereocenters. The molecule has 0 saturated heterocycles. The number of nitrogens with zero attached hydrogens (tertiary/aromatic N) is 2. The number of nitrogens with one attached hydrogen (secondary N) is 1. The van der Waals surface area contributed by atoms with Crippen LogP contribution in [0.2, 0.25) is 0 Å². The standard InChI is InChI=1S/C24H22F3N3O/c1-16(2)30-22-12-11-18(24(25,26)27)14-21(22)29-23(30)28-15-17-7-6-10-20(13-17)31-19-8-4-3-5-9-19/h3-14,16H,15H2,1-2H3,(H,28,29). The number of benzene rings is 3. The van der Waals surface area contributed by atoms with Crippen LogP contribution in [0, 0.1) is 0 Å². The van der Waals surface area contributed by atoms with E-state index in [1.807, 2.05) is 73.0 Å². The predicted molar refractivity (Wildman–Crippen MR) is 115 cm³/mol. The van der Waals surface area contributed by atoms with E-state index in [2.05, 4.69) is 10.3 Å². The van der Waals surface area contributed by atoms with Crippen molar-refractivity contribution in [3.05, 3.63) is 83.9 Å². The molecule has 4 aromatic rings. The first-order valence-corrected chi connectivity index (χ1v) is 9.96. The zero-order valence-electron chi connectivity index (χ0n) is 17.1. The monoisotopic (exact) mass is 425 g/mol. The maximum atomic E-state index is 13.1. The molecule has 3 aromatic carbocycles. The number of ether oxygens (including phenoxy) is 1. The van der Waals surface area contributed by atoms with Crippen molar-refractivity contribution in [2.45, 2.75) is 32.6 Å². The molecule has 1 aromatic heterocycles. The number of halogens is 3. The highest BCUT2D eigenvalue weighted by atomic mass is 19.4. The molecular weight excluding hydrogens is 403 g/mol. The summed E-state index contributed by atoms with van der Waals surface area (Å²) in [7, 11) is 0. The lowest BCUT2D eigenvalue weighted by molar-refractivity contribution is -0.137. The zero-order valence-corrected chi connectivity index (χ0v) is 17.1. The van der Waals surface area contributed by atoms with Gasteiger partial charge in [-0.3, -0.25) is 0 Å². The number of alkyl halides is 3. The molecule has 160 valence electrons. The van der Waals surface area contributed by atoms with Gasteiger partial charge in [-0.15, -0.1) is 0 Å². The van der Waals surface area contributed by atoms with Crippen LogP contribution in [-0.2, 0) is 12.7 Å². The van der Waals surface area contributed by atoms with Crippen molar-refractivity contribution in [2.75, 3.05) is 5.32 Å². The molecular formula is C24H22F3N3O. The second-order valence-electron chi connectivity index (χ2n) is 7.52. The molecule has 0 atom stereocenters. The average Bonchev–Trinajstić information content (AvgIpc) is 3.10. The maximum absolute atomic E-state index is 13.1. The van der Waals surface area contributed by atoms with Crippen molar-refractivity contribution < 1.29 is 17.9 Å². The summed E-state index contributed by atoms with van der Waals surface area (Å²) in [6.45, 7) is 4.39. The van der Waals surface area contributed by atoms with Gasteiger partial charge in [0.2, 0.25) is 5.95 Å². The van der Waals surface area contributed by atoms with Gasteiger partial charge in [0.25, 0.3) is 0 Å². The fourth-order valence-corrected chi connectivity index (χ4v) is 3.45. The highest BCUT2D eigenvalue weighted by Gasteiger charge is 2.31. The first-order valence-electron chi connectivity index (χ1n) is 9.96. The predicted octanol–water partition coefficient (Wildman–Crippen LogP) is 7.04. The molecule has 0 aliphatic rings. The topological polar surface area (TPSA) is 39.1 Å². The van der Waals surface area contributed by atoms with E-state index >= 15 is 0 Å². The van der Waals surface area contributed by atoms with Crippen LogP contribution in [0.25, 0.3) is 11.0 Å². The van der Waals surface area contributed by atoms with Crippen LogP contribution in [0.15, 0.2) is 72.8 Å². The number of hydrogen-bond donors (Lipinski definition) is 1. The van der Waals surface area contributed by atoms with Crippen LogP contribution < -0.4 is 10.1 Å². The molecule has 0 spiro atoms. The minimum absolute atomic E-state index is 0.0250. The molecule has 4 nitrogen and oxygen atoms in total. The Labute approximate surface area is 178 Å².